The molecule has 0 heterocycles. The number of benzene rings is 2. The fraction of sp³-hybridized carbons (Fsp3) is 0.143. The zero-order chi connectivity index (χ0) is 14.8. The lowest BCUT2D eigenvalue weighted by atomic mass is 10.1. The molecule has 2 aromatic carbocycles. The summed E-state index contributed by atoms with van der Waals surface area (Å²) in [5, 5.41) is 3.06. The Morgan fingerprint density at radius 2 is 1.85 bits per heavy atom. The smallest absolute Gasteiger partial charge is 0.355 e. The fourth-order valence-electron chi connectivity index (χ4n) is 1.72. The summed E-state index contributed by atoms with van der Waals surface area (Å²) >= 11 is 3.15. The third-order valence-electron chi connectivity index (χ3n) is 2.74. The monoisotopic (exact) mass is 344 g/mol. The molecule has 2 nitrogen and oxygen atoms in total. The standard InChI is InChI=1S/C14H12BrF3N2/c15-12-7-10(14(16,17)18)4-5-13(12)20-11-3-1-2-9(6-11)8-19/h1-7,20H,8,19H2. The summed E-state index contributed by atoms with van der Waals surface area (Å²) in [4.78, 5) is 0. The van der Waals surface area contributed by atoms with Gasteiger partial charge < -0.3 is 11.1 Å². The summed E-state index contributed by atoms with van der Waals surface area (Å²) in [5.74, 6) is 0. The second kappa shape index (κ2) is 5.85. The first-order valence-corrected chi connectivity index (χ1v) is 6.62. The van der Waals surface area contributed by atoms with Gasteiger partial charge in [-0.2, -0.15) is 13.2 Å². The Hall–Kier alpha value is -1.53. The van der Waals surface area contributed by atoms with Crippen molar-refractivity contribution in [1.82, 2.24) is 0 Å². The lowest BCUT2D eigenvalue weighted by Gasteiger charge is -2.12. The Kier molecular flexibility index (Phi) is 4.35. The molecular formula is C14H12BrF3N2. The lowest BCUT2D eigenvalue weighted by Crippen LogP contribution is -2.05. The van der Waals surface area contributed by atoms with Gasteiger partial charge >= 0.3 is 6.18 Å². The second-order valence-corrected chi connectivity index (χ2v) is 5.08. The zero-order valence-corrected chi connectivity index (χ0v) is 11.9. The second-order valence-electron chi connectivity index (χ2n) is 4.22. The van der Waals surface area contributed by atoms with E-state index >= 15 is 0 Å². The van der Waals surface area contributed by atoms with Crippen LogP contribution in [0, 0.1) is 0 Å². The van der Waals surface area contributed by atoms with E-state index in [1.54, 1.807) is 0 Å². The van der Waals surface area contributed by atoms with Crippen LogP contribution in [0.5, 0.6) is 0 Å². The maximum Gasteiger partial charge on any atom is 0.416 e. The highest BCUT2D eigenvalue weighted by Crippen LogP contribution is 2.34. The summed E-state index contributed by atoms with van der Waals surface area (Å²) in [7, 11) is 0. The summed E-state index contributed by atoms with van der Waals surface area (Å²) in [6.07, 6.45) is -4.35. The maximum absolute atomic E-state index is 12.6. The molecule has 106 valence electrons. The van der Waals surface area contributed by atoms with Crippen molar-refractivity contribution in [3.63, 3.8) is 0 Å². The van der Waals surface area contributed by atoms with E-state index in [1.807, 2.05) is 24.3 Å². The van der Waals surface area contributed by atoms with Gasteiger partial charge in [-0.05, 0) is 51.8 Å². The number of nitrogens with two attached hydrogens (primary N) is 1. The average molecular weight is 345 g/mol. The highest BCUT2D eigenvalue weighted by molar-refractivity contribution is 9.10. The summed E-state index contributed by atoms with van der Waals surface area (Å²) in [6, 6.07) is 10.9. The van der Waals surface area contributed by atoms with Crippen LogP contribution in [-0.2, 0) is 12.7 Å². The number of anilines is 2. The van der Waals surface area contributed by atoms with Crippen molar-refractivity contribution >= 4 is 27.3 Å². The summed E-state index contributed by atoms with van der Waals surface area (Å²) in [6.45, 7) is 0.406. The van der Waals surface area contributed by atoms with Crippen molar-refractivity contribution in [3.05, 3.63) is 58.1 Å². The maximum atomic E-state index is 12.6. The van der Waals surface area contributed by atoms with Gasteiger partial charge in [0.2, 0.25) is 0 Å². The van der Waals surface area contributed by atoms with E-state index < -0.39 is 11.7 Å². The zero-order valence-electron chi connectivity index (χ0n) is 10.3. The first-order valence-electron chi connectivity index (χ1n) is 5.83. The van der Waals surface area contributed by atoms with Gasteiger partial charge in [0, 0.05) is 16.7 Å². The largest absolute Gasteiger partial charge is 0.416 e. The molecule has 0 saturated carbocycles. The Morgan fingerprint density at radius 3 is 2.45 bits per heavy atom. The van der Waals surface area contributed by atoms with Crippen molar-refractivity contribution in [3.8, 4) is 0 Å². The van der Waals surface area contributed by atoms with Crippen molar-refractivity contribution in [2.24, 2.45) is 5.73 Å². The van der Waals surface area contributed by atoms with Gasteiger partial charge in [-0.1, -0.05) is 12.1 Å². The van der Waals surface area contributed by atoms with Gasteiger partial charge in [-0.25, -0.2) is 0 Å². The quantitative estimate of drug-likeness (QED) is 0.848. The minimum atomic E-state index is -4.35. The minimum Gasteiger partial charge on any atom is -0.355 e. The van der Waals surface area contributed by atoms with E-state index in [-0.39, 0.29) is 0 Å². The molecule has 0 saturated heterocycles. The number of nitrogens with one attached hydrogen (secondary N) is 1. The van der Waals surface area contributed by atoms with Crippen molar-refractivity contribution < 1.29 is 13.2 Å². The molecule has 0 fully saturated rings. The molecule has 2 rings (SSSR count). The van der Waals surface area contributed by atoms with Crippen LogP contribution in [0.3, 0.4) is 0 Å². The van der Waals surface area contributed by atoms with Crippen LogP contribution in [0.1, 0.15) is 11.1 Å². The van der Waals surface area contributed by atoms with Crippen LogP contribution < -0.4 is 11.1 Å². The van der Waals surface area contributed by atoms with Gasteiger partial charge in [0.15, 0.2) is 0 Å². The van der Waals surface area contributed by atoms with Crippen molar-refractivity contribution in [1.29, 1.82) is 0 Å². The van der Waals surface area contributed by atoms with Crippen LogP contribution >= 0.6 is 15.9 Å². The average Bonchev–Trinajstić information content (AvgIpc) is 2.40. The first-order chi connectivity index (χ1) is 9.40. The van der Waals surface area contributed by atoms with Crippen LogP contribution in [0.2, 0.25) is 0 Å². The predicted octanol–water partition coefficient (Wildman–Crippen LogP) is 4.67. The molecule has 2 aromatic rings. The molecule has 6 heteroatoms. The molecule has 20 heavy (non-hydrogen) atoms. The highest BCUT2D eigenvalue weighted by atomic mass is 79.9. The number of hydrogen-bond acceptors (Lipinski definition) is 2. The summed E-state index contributed by atoms with van der Waals surface area (Å²) in [5.41, 5.74) is 7.13. The molecular weight excluding hydrogens is 333 g/mol. The Morgan fingerprint density at radius 1 is 1.10 bits per heavy atom. The summed E-state index contributed by atoms with van der Waals surface area (Å²) < 4.78 is 38.1. The van der Waals surface area contributed by atoms with Gasteiger partial charge in [0.05, 0.1) is 11.3 Å². The molecule has 0 aromatic heterocycles. The third kappa shape index (κ3) is 3.52. The normalized spacial score (nSPS) is 11.4. The van der Waals surface area contributed by atoms with Gasteiger partial charge in [0.1, 0.15) is 0 Å². The third-order valence-corrected chi connectivity index (χ3v) is 3.39. The van der Waals surface area contributed by atoms with E-state index in [2.05, 4.69) is 21.2 Å². The molecule has 0 spiro atoms. The molecule has 0 amide bonds. The van der Waals surface area contributed by atoms with E-state index in [1.165, 1.54) is 6.07 Å². The molecule has 0 atom stereocenters. The van der Waals surface area contributed by atoms with Crippen LogP contribution in [0.15, 0.2) is 46.9 Å². The first kappa shape index (κ1) is 14.9. The number of alkyl halides is 3. The Bertz CT molecular complexity index is 612. The molecule has 0 unspecified atom stereocenters. The molecule has 0 bridgehead atoms. The van der Waals surface area contributed by atoms with Crippen LogP contribution in [0.25, 0.3) is 0 Å². The van der Waals surface area contributed by atoms with E-state index in [0.29, 0.717) is 16.7 Å². The van der Waals surface area contributed by atoms with Gasteiger partial charge in [-0.3, -0.25) is 0 Å². The van der Waals surface area contributed by atoms with E-state index in [4.69, 9.17) is 5.73 Å². The van der Waals surface area contributed by atoms with Crippen LogP contribution in [-0.4, -0.2) is 0 Å². The topological polar surface area (TPSA) is 38.0 Å². The highest BCUT2D eigenvalue weighted by Gasteiger charge is 2.30. The van der Waals surface area contributed by atoms with Crippen LogP contribution in [0.4, 0.5) is 24.5 Å². The van der Waals surface area contributed by atoms with E-state index in [0.717, 1.165) is 23.4 Å². The number of halogens is 4. The molecule has 0 aliphatic heterocycles. The van der Waals surface area contributed by atoms with Crippen molar-refractivity contribution in [2.75, 3.05) is 5.32 Å². The number of rotatable bonds is 3. The van der Waals surface area contributed by atoms with E-state index in [9.17, 15) is 13.2 Å². The molecule has 0 aliphatic rings. The molecule has 3 N–H and O–H groups in total. The van der Waals surface area contributed by atoms with Crippen molar-refractivity contribution in [2.45, 2.75) is 12.7 Å². The Balaban J connectivity index is 2.25. The molecule has 0 radical (unpaired) electrons. The lowest BCUT2D eigenvalue weighted by molar-refractivity contribution is -0.137. The molecule has 0 aliphatic carbocycles. The predicted molar refractivity (Wildman–Crippen MR) is 76.8 cm³/mol. The van der Waals surface area contributed by atoms with Gasteiger partial charge in [-0.15, -0.1) is 0 Å². The number of hydrogen-bond donors (Lipinski definition) is 2. The van der Waals surface area contributed by atoms with Gasteiger partial charge in [0.25, 0.3) is 0 Å². The SMILES string of the molecule is NCc1cccc(Nc2ccc(C(F)(F)F)cc2Br)c1. The Labute approximate surface area is 122 Å². The minimum absolute atomic E-state index is 0.352. The fourth-order valence-corrected chi connectivity index (χ4v) is 2.20.